The second-order valence-corrected chi connectivity index (χ2v) is 6.56. The van der Waals surface area contributed by atoms with E-state index in [2.05, 4.69) is 36.5 Å². The summed E-state index contributed by atoms with van der Waals surface area (Å²) in [6.45, 7) is 7.42. The van der Waals surface area contributed by atoms with Gasteiger partial charge in [0.05, 0.1) is 6.61 Å². The van der Waals surface area contributed by atoms with Gasteiger partial charge in [-0.2, -0.15) is 0 Å². The lowest BCUT2D eigenvalue weighted by molar-refractivity contribution is -0.121. The van der Waals surface area contributed by atoms with Gasteiger partial charge in [-0.05, 0) is 50.4 Å². The van der Waals surface area contributed by atoms with Crippen molar-refractivity contribution in [3.63, 3.8) is 0 Å². The Labute approximate surface area is 151 Å². The van der Waals surface area contributed by atoms with E-state index in [0.717, 1.165) is 25.1 Å². The zero-order valence-electron chi connectivity index (χ0n) is 15.5. The van der Waals surface area contributed by atoms with E-state index in [-0.39, 0.29) is 17.9 Å². The van der Waals surface area contributed by atoms with Crippen molar-refractivity contribution < 1.29 is 19.0 Å². The molecule has 140 valence electrons. The van der Waals surface area contributed by atoms with Crippen molar-refractivity contribution >= 4 is 5.78 Å². The minimum absolute atomic E-state index is 0.0556. The van der Waals surface area contributed by atoms with Crippen molar-refractivity contribution in [2.24, 2.45) is 0 Å². The minimum Gasteiger partial charge on any atom is -0.494 e. The number of carbonyl (C=O) groups is 1. The van der Waals surface area contributed by atoms with Crippen LogP contribution in [0.4, 0.5) is 0 Å². The fourth-order valence-electron chi connectivity index (χ4n) is 2.83. The molecule has 1 saturated carbocycles. The standard InChI is InChI=1S/C20H31NO4/c1-3-21-20(10-11-20)18-6-8-19(9-7-18)25-15-5-13-23-12-4-14-24-16-17(2)22/h6-9,21H,3-5,10-16H2,1-2H3. The molecule has 0 unspecified atom stereocenters. The van der Waals surface area contributed by atoms with Gasteiger partial charge in [0, 0.05) is 31.8 Å². The Morgan fingerprint density at radius 1 is 1.04 bits per heavy atom. The van der Waals surface area contributed by atoms with Crippen LogP contribution in [0.15, 0.2) is 24.3 Å². The molecule has 1 N–H and O–H groups in total. The lowest BCUT2D eigenvalue weighted by atomic mass is 10.0. The predicted molar refractivity (Wildman–Crippen MR) is 98.1 cm³/mol. The van der Waals surface area contributed by atoms with Gasteiger partial charge in [-0.1, -0.05) is 19.1 Å². The summed E-state index contributed by atoms with van der Waals surface area (Å²) < 4.78 is 16.5. The van der Waals surface area contributed by atoms with Crippen molar-refractivity contribution in [2.45, 2.75) is 45.1 Å². The monoisotopic (exact) mass is 349 g/mol. The number of rotatable bonds is 14. The van der Waals surface area contributed by atoms with E-state index in [0.29, 0.717) is 26.4 Å². The third kappa shape index (κ3) is 7.14. The molecule has 0 spiro atoms. The van der Waals surface area contributed by atoms with Crippen LogP contribution in [0.1, 0.15) is 45.1 Å². The Hall–Kier alpha value is -1.43. The van der Waals surface area contributed by atoms with E-state index < -0.39 is 0 Å². The molecule has 0 aromatic heterocycles. The van der Waals surface area contributed by atoms with E-state index in [4.69, 9.17) is 14.2 Å². The summed E-state index contributed by atoms with van der Waals surface area (Å²) in [5, 5.41) is 3.58. The average molecular weight is 349 g/mol. The number of carbonyl (C=O) groups excluding carboxylic acids is 1. The molecule has 5 nitrogen and oxygen atoms in total. The number of ether oxygens (including phenoxy) is 3. The molecule has 1 fully saturated rings. The highest BCUT2D eigenvalue weighted by Crippen LogP contribution is 2.45. The van der Waals surface area contributed by atoms with Crippen molar-refractivity contribution in [3.05, 3.63) is 29.8 Å². The largest absolute Gasteiger partial charge is 0.494 e. The predicted octanol–water partition coefficient (Wildman–Crippen LogP) is 3.07. The Bertz CT molecular complexity index is 511. The zero-order valence-corrected chi connectivity index (χ0v) is 15.5. The molecule has 1 aliphatic rings. The van der Waals surface area contributed by atoms with Gasteiger partial charge in [-0.15, -0.1) is 0 Å². The summed E-state index contributed by atoms with van der Waals surface area (Å²) in [7, 11) is 0. The lowest BCUT2D eigenvalue weighted by Gasteiger charge is -2.17. The van der Waals surface area contributed by atoms with E-state index in [1.165, 1.54) is 25.3 Å². The van der Waals surface area contributed by atoms with Crippen molar-refractivity contribution in [2.75, 3.05) is 39.6 Å². The van der Waals surface area contributed by atoms with Gasteiger partial charge in [-0.3, -0.25) is 4.79 Å². The average Bonchev–Trinajstić information content (AvgIpc) is 3.38. The van der Waals surface area contributed by atoms with Gasteiger partial charge in [0.25, 0.3) is 0 Å². The molecule has 0 saturated heterocycles. The first kappa shape index (κ1) is 19.9. The number of Topliss-reactive ketones (excluding diaryl/α,β-unsaturated/α-hetero) is 1. The number of benzene rings is 1. The minimum atomic E-state index is 0.0556. The first-order chi connectivity index (χ1) is 12.2. The smallest absolute Gasteiger partial charge is 0.155 e. The molecule has 25 heavy (non-hydrogen) atoms. The summed E-state index contributed by atoms with van der Waals surface area (Å²) in [6, 6.07) is 8.45. The summed E-state index contributed by atoms with van der Waals surface area (Å²) in [5.74, 6) is 0.966. The van der Waals surface area contributed by atoms with Crippen molar-refractivity contribution in [1.29, 1.82) is 0 Å². The normalized spacial score (nSPS) is 15.1. The van der Waals surface area contributed by atoms with Crippen LogP contribution in [0.3, 0.4) is 0 Å². The number of hydrogen-bond acceptors (Lipinski definition) is 5. The Morgan fingerprint density at radius 3 is 2.28 bits per heavy atom. The highest BCUT2D eigenvalue weighted by Gasteiger charge is 2.43. The Kier molecular flexibility index (Phi) is 8.38. The van der Waals surface area contributed by atoms with Crippen LogP contribution < -0.4 is 10.1 Å². The summed E-state index contributed by atoms with van der Waals surface area (Å²) in [6.07, 6.45) is 4.11. The van der Waals surface area contributed by atoms with Crippen molar-refractivity contribution in [1.82, 2.24) is 5.32 Å². The van der Waals surface area contributed by atoms with Crippen LogP contribution in [0, 0.1) is 0 Å². The van der Waals surface area contributed by atoms with Crippen molar-refractivity contribution in [3.8, 4) is 5.75 Å². The van der Waals surface area contributed by atoms with Crippen LogP contribution in [-0.2, 0) is 19.8 Å². The fraction of sp³-hybridized carbons (Fsp3) is 0.650. The molecule has 2 rings (SSSR count). The molecule has 0 atom stereocenters. The van der Waals surface area contributed by atoms with Crippen LogP contribution >= 0.6 is 0 Å². The van der Waals surface area contributed by atoms with Crippen LogP contribution in [0.5, 0.6) is 5.75 Å². The summed E-state index contributed by atoms with van der Waals surface area (Å²) >= 11 is 0. The SMILES string of the molecule is CCNC1(c2ccc(OCCCOCCCOCC(C)=O)cc2)CC1. The molecule has 0 radical (unpaired) electrons. The van der Waals surface area contributed by atoms with Gasteiger partial charge in [0.15, 0.2) is 5.78 Å². The van der Waals surface area contributed by atoms with E-state index >= 15 is 0 Å². The van der Waals surface area contributed by atoms with Crippen LogP contribution in [-0.4, -0.2) is 45.4 Å². The van der Waals surface area contributed by atoms with Gasteiger partial charge in [-0.25, -0.2) is 0 Å². The summed E-state index contributed by atoms with van der Waals surface area (Å²) in [5.41, 5.74) is 1.58. The molecule has 1 aliphatic carbocycles. The quantitative estimate of drug-likeness (QED) is 0.523. The highest BCUT2D eigenvalue weighted by atomic mass is 16.5. The van der Waals surface area contributed by atoms with Gasteiger partial charge >= 0.3 is 0 Å². The van der Waals surface area contributed by atoms with Gasteiger partial charge < -0.3 is 19.5 Å². The first-order valence-corrected chi connectivity index (χ1v) is 9.29. The third-order valence-corrected chi connectivity index (χ3v) is 4.26. The summed E-state index contributed by atoms with van der Waals surface area (Å²) in [4.78, 5) is 10.7. The molecule has 1 aromatic carbocycles. The molecule has 0 aliphatic heterocycles. The molecule has 0 bridgehead atoms. The molecule has 5 heteroatoms. The molecule has 1 aromatic rings. The number of nitrogens with one attached hydrogen (secondary N) is 1. The van der Waals surface area contributed by atoms with Crippen LogP contribution in [0.2, 0.25) is 0 Å². The Balaban J connectivity index is 1.50. The highest BCUT2D eigenvalue weighted by molar-refractivity contribution is 5.76. The van der Waals surface area contributed by atoms with Crippen LogP contribution in [0.25, 0.3) is 0 Å². The fourth-order valence-corrected chi connectivity index (χ4v) is 2.83. The zero-order chi connectivity index (χ0) is 18.0. The topological polar surface area (TPSA) is 56.8 Å². The molecular formula is C20H31NO4. The van der Waals surface area contributed by atoms with Gasteiger partial charge in [0.2, 0.25) is 0 Å². The van der Waals surface area contributed by atoms with E-state index in [1.807, 2.05) is 0 Å². The maximum Gasteiger partial charge on any atom is 0.155 e. The second kappa shape index (κ2) is 10.5. The Morgan fingerprint density at radius 2 is 1.68 bits per heavy atom. The lowest BCUT2D eigenvalue weighted by Crippen LogP contribution is -2.28. The molecule has 0 heterocycles. The molecule has 0 amide bonds. The third-order valence-electron chi connectivity index (χ3n) is 4.26. The maximum atomic E-state index is 10.7. The number of hydrogen-bond donors (Lipinski definition) is 1. The van der Waals surface area contributed by atoms with Gasteiger partial charge in [0.1, 0.15) is 12.4 Å². The molecular weight excluding hydrogens is 318 g/mol. The maximum absolute atomic E-state index is 10.7. The second-order valence-electron chi connectivity index (χ2n) is 6.56. The van der Waals surface area contributed by atoms with E-state index in [1.54, 1.807) is 0 Å². The van der Waals surface area contributed by atoms with E-state index in [9.17, 15) is 4.79 Å². The first-order valence-electron chi connectivity index (χ1n) is 9.29. The number of ketones is 1.